The van der Waals surface area contributed by atoms with Crippen LogP contribution in [0.1, 0.15) is 82.3 Å². The van der Waals surface area contributed by atoms with Crippen LogP contribution in [0.25, 0.3) is 0 Å². The number of hydrogen-bond donors (Lipinski definition) is 4. The fraction of sp³-hybridized carbons (Fsp3) is 0.548. The zero-order valence-electron chi connectivity index (χ0n) is 22.8. The second-order valence-corrected chi connectivity index (χ2v) is 13.9. The second kappa shape index (κ2) is 9.97. The van der Waals surface area contributed by atoms with Gasteiger partial charge in [0.1, 0.15) is 11.2 Å². The van der Waals surface area contributed by atoms with Crippen molar-refractivity contribution in [1.29, 1.82) is 0 Å². The molecule has 0 unspecified atom stereocenters. The highest BCUT2D eigenvalue weighted by molar-refractivity contribution is 6.31. The average molecular weight is 589 g/mol. The molecular formula is C31H36Cl2FN3O3. The highest BCUT2D eigenvalue weighted by Gasteiger charge is 2.72. The van der Waals surface area contributed by atoms with Gasteiger partial charge in [0.05, 0.1) is 12.1 Å². The minimum absolute atomic E-state index is 0.0734. The molecule has 1 saturated heterocycles. The summed E-state index contributed by atoms with van der Waals surface area (Å²) >= 11 is 12.7. The van der Waals surface area contributed by atoms with Crippen molar-refractivity contribution < 1.29 is 19.1 Å². The minimum Gasteiger partial charge on any atom is -0.393 e. The Kier molecular flexibility index (Phi) is 6.97. The van der Waals surface area contributed by atoms with E-state index in [1.807, 2.05) is 6.07 Å². The van der Waals surface area contributed by atoms with Gasteiger partial charge in [-0.25, -0.2) is 4.39 Å². The molecule has 0 aromatic heterocycles. The Morgan fingerprint density at radius 3 is 2.38 bits per heavy atom. The van der Waals surface area contributed by atoms with E-state index < -0.39 is 28.7 Å². The van der Waals surface area contributed by atoms with Crippen molar-refractivity contribution in [2.75, 3.05) is 5.32 Å². The third-order valence-electron chi connectivity index (χ3n) is 10.0. The van der Waals surface area contributed by atoms with Gasteiger partial charge in [-0.3, -0.25) is 14.9 Å². The molecular weight excluding hydrogens is 552 g/mol. The van der Waals surface area contributed by atoms with E-state index in [-0.39, 0.29) is 34.4 Å². The fourth-order valence-corrected chi connectivity index (χ4v) is 8.35. The lowest BCUT2D eigenvalue weighted by Gasteiger charge is -2.50. The van der Waals surface area contributed by atoms with Gasteiger partial charge in [-0.2, -0.15) is 0 Å². The van der Waals surface area contributed by atoms with Crippen LogP contribution in [0.5, 0.6) is 0 Å². The Morgan fingerprint density at radius 2 is 1.70 bits per heavy atom. The van der Waals surface area contributed by atoms with Gasteiger partial charge in [0.15, 0.2) is 0 Å². The molecule has 6 nitrogen and oxygen atoms in total. The van der Waals surface area contributed by atoms with Gasteiger partial charge < -0.3 is 15.7 Å². The van der Waals surface area contributed by atoms with E-state index in [1.165, 1.54) is 12.1 Å². The third kappa shape index (κ3) is 4.44. The number of aliphatic hydroxyl groups excluding tert-OH is 1. The van der Waals surface area contributed by atoms with Crippen molar-refractivity contribution in [3.63, 3.8) is 0 Å². The lowest BCUT2D eigenvalue weighted by Crippen LogP contribution is -2.61. The summed E-state index contributed by atoms with van der Waals surface area (Å²) in [7, 11) is 0. The van der Waals surface area contributed by atoms with Crippen LogP contribution in [0.4, 0.5) is 10.1 Å². The maximum Gasteiger partial charge on any atom is 0.238 e. The van der Waals surface area contributed by atoms with Crippen LogP contribution < -0.4 is 16.0 Å². The largest absolute Gasteiger partial charge is 0.393 e. The SMILES string of the molecule is CC1(C)CCC2(CC1)N[C@@H](C(=O)N[C@H]1CC[C@H](O)CC1)[C@H](c1cc(F)cc(Cl)c1)[C@]21C(=O)Nc2cc(Cl)ccc21. The lowest BCUT2D eigenvalue weighted by atomic mass is 9.53. The summed E-state index contributed by atoms with van der Waals surface area (Å²) in [5, 5.41) is 20.7. The maximum atomic E-state index is 14.9. The molecule has 40 heavy (non-hydrogen) atoms. The lowest BCUT2D eigenvalue weighted by molar-refractivity contribution is -0.125. The smallest absolute Gasteiger partial charge is 0.238 e. The predicted molar refractivity (Wildman–Crippen MR) is 154 cm³/mol. The van der Waals surface area contributed by atoms with Crippen molar-refractivity contribution in [2.45, 2.75) is 100 Å². The maximum absolute atomic E-state index is 14.9. The van der Waals surface area contributed by atoms with Crippen molar-refractivity contribution in [2.24, 2.45) is 5.41 Å². The number of carbonyl (C=O) groups is 2. The average Bonchev–Trinajstić information content (AvgIpc) is 3.34. The number of aliphatic hydroxyl groups is 1. The molecule has 2 aliphatic heterocycles. The zero-order valence-corrected chi connectivity index (χ0v) is 24.3. The van der Waals surface area contributed by atoms with Gasteiger partial charge in [-0.05, 0) is 98.2 Å². The van der Waals surface area contributed by atoms with Gasteiger partial charge in [0.25, 0.3) is 0 Å². The number of anilines is 1. The molecule has 4 aliphatic rings. The van der Waals surface area contributed by atoms with Crippen LogP contribution in [0.3, 0.4) is 0 Å². The number of benzene rings is 2. The molecule has 0 radical (unpaired) electrons. The van der Waals surface area contributed by atoms with E-state index in [4.69, 9.17) is 23.2 Å². The van der Waals surface area contributed by atoms with Crippen LogP contribution in [0.15, 0.2) is 36.4 Å². The van der Waals surface area contributed by atoms with Crippen molar-refractivity contribution in [3.05, 3.63) is 63.4 Å². The molecule has 4 N–H and O–H groups in total. The summed E-state index contributed by atoms with van der Waals surface area (Å²) in [6.07, 6.45) is 5.36. The van der Waals surface area contributed by atoms with Gasteiger partial charge >= 0.3 is 0 Å². The summed E-state index contributed by atoms with van der Waals surface area (Å²) in [5.41, 5.74) is 0.0587. The Balaban J connectivity index is 1.53. The van der Waals surface area contributed by atoms with Gasteiger partial charge in [0, 0.05) is 33.2 Å². The number of carbonyl (C=O) groups excluding carboxylic acids is 2. The molecule has 3 atom stereocenters. The number of hydrogen-bond acceptors (Lipinski definition) is 4. The first-order valence-electron chi connectivity index (χ1n) is 14.3. The van der Waals surface area contributed by atoms with Crippen LogP contribution in [-0.2, 0) is 15.0 Å². The van der Waals surface area contributed by atoms with Crippen LogP contribution in [0, 0.1) is 11.2 Å². The van der Waals surface area contributed by atoms with E-state index in [0.717, 1.165) is 18.4 Å². The topological polar surface area (TPSA) is 90.5 Å². The molecule has 6 rings (SSSR count). The second-order valence-electron chi connectivity index (χ2n) is 13.0. The van der Waals surface area contributed by atoms with E-state index >= 15 is 0 Å². The van der Waals surface area contributed by atoms with Gasteiger partial charge in [0.2, 0.25) is 11.8 Å². The fourth-order valence-electron chi connectivity index (χ4n) is 7.95. The molecule has 2 spiro atoms. The summed E-state index contributed by atoms with van der Waals surface area (Å²) in [4.78, 5) is 28.7. The molecule has 2 amide bonds. The molecule has 2 aromatic rings. The standard InChI is InChI=1S/C31H36Cl2FN3O3/c1-29(2)9-11-30(12-10-29)31(23-8-3-18(32)16-24(23)36-28(31)40)25(17-13-19(33)15-20(34)14-17)26(37-30)27(39)35-21-4-6-22(38)7-5-21/h3,8,13-16,21-22,25-26,37-38H,4-7,9-12H2,1-2H3,(H,35,39)(H,36,40)/t21-,22-,25-,26+,31+/m0/s1. The molecule has 3 fully saturated rings. The first-order valence-corrected chi connectivity index (χ1v) is 15.0. The summed E-state index contributed by atoms with van der Waals surface area (Å²) in [6, 6.07) is 8.86. The van der Waals surface area contributed by atoms with Crippen LogP contribution >= 0.6 is 23.2 Å². The molecule has 214 valence electrons. The number of halogens is 3. The summed E-state index contributed by atoms with van der Waals surface area (Å²) < 4.78 is 14.9. The molecule has 0 bridgehead atoms. The third-order valence-corrected chi connectivity index (χ3v) is 10.5. The van der Waals surface area contributed by atoms with Crippen molar-refractivity contribution in [3.8, 4) is 0 Å². The first-order chi connectivity index (χ1) is 18.9. The molecule has 2 saturated carbocycles. The van der Waals surface area contributed by atoms with Gasteiger partial charge in [-0.15, -0.1) is 0 Å². The van der Waals surface area contributed by atoms with Crippen LogP contribution in [0.2, 0.25) is 10.0 Å². The highest BCUT2D eigenvalue weighted by Crippen LogP contribution is 2.63. The number of rotatable bonds is 3. The Labute approximate surface area is 244 Å². The van der Waals surface area contributed by atoms with Crippen molar-refractivity contribution in [1.82, 2.24) is 10.6 Å². The van der Waals surface area contributed by atoms with E-state index in [0.29, 0.717) is 54.8 Å². The summed E-state index contributed by atoms with van der Waals surface area (Å²) in [6.45, 7) is 4.46. The Morgan fingerprint density at radius 1 is 1.00 bits per heavy atom. The molecule has 2 aromatic carbocycles. The zero-order chi connectivity index (χ0) is 28.4. The number of amides is 2. The monoisotopic (exact) mass is 587 g/mol. The Hall–Kier alpha value is -2.19. The normalized spacial score (nSPS) is 32.2. The number of nitrogens with one attached hydrogen (secondary N) is 3. The van der Waals surface area contributed by atoms with Gasteiger partial charge in [-0.1, -0.05) is 43.1 Å². The summed E-state index contributed by atoms with van der Waals surface area (Å²) in [5.74, 6) is -1.67. The van der Waals surface area contributed by atoms with E-state index in [9.17, 15) is 19.1 Å². The molecule has 2 aliphatic carbocycles. The Bertz CT molecular complexity index is 1330. The quantitative estimate of drug-likeness (QED) is 0.363. The number of fused-ring (bicyclic) bond motifs is 3. The molecule has 2 heterocycles. The van der Waals surface area contributed by atoms with E-state index in [1.54, 1.807) is 18.2 Å². The highest BCUT2D eigenvalue weighted by atomic mass is 35.5. The minimum atomic E-state index is -1.19. The van der Waals surface area contributed by atoms with Crippen LogP contribution in [-0.4, -0.2) is 40.6 Å². The first kappa shape index (κ1) is 28.0. The predicted octanol–water partition coefficient (Wildman–Crippen LogP) is 5.84. The van der Waals surface area contributed by atoms with Crippen molar-refractivity contribution >= 4 is 40.7 Å². The van der Waals surface area contributed by atoms with E-state index in [2.05, 4.69) is 29.8 Å². The molecule has 9 heteroatoms.